The number of halogens is 2. The molecule has 21 heavy (non-hydrogen) atoms. The van der Waals surface area contributed by atoms with Crippen molar-refractivity contribution in [2.75, 3.05) is 13.6 Å². The zero-order chi connectivity index (χ0) is 15.4. The van der Waals surface area contributed by atoms with Gasteiger partial charge in [-0.1, -0.05) is 42.6 Å². The summed E-state index contributed by atoms with van der Waals surface area (Å²) in [4.78, 5) is 14.3. The van der Waals surface area contributed by atoms with E-state index in [9.17, 15) is 4.79 Å². The normalized spacial score (nSPS) is 22.1. The van der Waals surface area contributed by atoms with Gasteiger partial charge in [0.2, 0.25) is 5.91 Å². The van der Waals surface area contributed by atoms with Gasteiger partial charge in [-0.2, -0.15) is 0 Å². The fourth-order valence-electron chi connectivity index (χ4n) is 2.81. The van der Waals surface area contributed by atoms with Crippen molar-refractivity contribution in [3.8, 4) is 0 Å². The quantitative estimate of drug-likeness (QED) is 0.913. The second-order valence-corrected chi connectivity index (χ2v) is 6.56. The molecule has 1 N–H and O–H groups in total. The molecule has 2 rings (SSSR count). The number of rotatable bonds is 4. The smallest absolute Gasteiger partial charge is 0.239 e. The monoisotopic (exact) mass is 328 g/mol. The van der Waals surface area contributed by atoms with Crippen LogP contribution in [0.15, 0.2) is 18.2 Å². The Hall–Kier alpha value is -0.770. The first kappa shape index (κ1) is 16.6. The third-order valence-corrected chi connectivity index (χ3v) is 4.91. The van der Waals surface area contributed by atoms with Crippen LogP contribution in [0.25, 0.3) is 0 Å². The number of nitrogens with one attached hydrogen (secondary N) is 1. The van der Waals surface area contributed by atoms with Crippen LogP contribution in [0.3, 0.4) is 0 Å². The van der Waals surface area contributed by atoms with E-state index in [-0.39, 0.29) is 11.9 Å². The molecule has 1 aromatic carbocycles. The Kier molecular flexibility index (Phi) is 5.91. The van der Waals surface area contributed by atoms with Crippen molar-refractivity contribution in [3.63, 3.8) is 0 Å². The lowest BCUT2D eigenvalue weighted by atomic mass is 9.90. The Morgan fingerprint density at radius 2 is 2.14 bits per heavy atom. The van der Waals surface area contributed by atoms with Gasteiger partial charge in [0, 0.05) is 13.6 Å². The van der Waals surface area contributed by atoms with E-state index >= 15 is 0 Å². The number of likely N-dealkylation sites (N-methyl/N-ethyl adjacent to an activating group) is 1. The van der Waals surface area contributed by atoms with Crippen LogP contribution >= 0.6 is 23.2 Å². The maximum Gasteiger partial charge on any atom is 0.239 e. The summed E-state index contributed by atoms with van der Waals surface area (Å²) < 4.78 is 0. The van der Waals surface area contributed by atoms with E-state index in [2.05, 4.69) is 12.2 Å². The Morgan fingerprint density at radius 3 is 2.81 bits per heavy atom. The largest absolute Gasteiger partial charge is 0.340 e. The van der Waals surface area contributed by atoms with Crippen molar-refractivity contribution >= 4 is 29.1 Å². The lowest BCUT2D eigenvalue weighted by Crippen LogP contribution is -2.49. The predicted octanol–water partition coefficient (Wildman–Crippen LogP) is 3.73. The maximum atomic E-state index is 12.5. The molecule has 0 radical (unpaired) electrons. The van der Waals surface area contributed by atoms with Crippen LogP contribution in [-0.2, 0) is 11.3 Å². The average molecular weight is 329 g/mol. The Morgan fingerprint density at radius 1 is 1.38 bits per heavy atom. The molecule has 0 bridgehead atoms. The molecule has 1 heterocycles. The Bertz CT molecular complexity index is 507. The van der Waals surface area contributed by atoms with Crippen molar-refractivity contribution in [1.82, 2.24) is 10.2 Å². The van der Waals surface area contributed by atoms with Crippen molar-refractivity contribution in [2.45, 2.75) is 38.8 Å². The van der Waals surface area contributed by atoms with Crippen LogP contribution in [-0.4, -0.2) is 30.4 Å². The summed E-state index contributed by atoms with van der Waals surface area (Å²) >= 11 is 11.9. The average Bonchev–Trinajstić information content (AvgIpc) is 2.50. The molecule has 0 aliphatic carbocycles. The predicted molar refractivity (Wildman–Crippen MR) is 87.7 cm³/mol. The zero-order valence-corrected chi connectivity index (χ0v) is 14.0. The third-order valence-electron chi connectivity index (χ3n) is 4.17. The first-order valence-corrected chi connectivity index (χ1v) is 8.19. The zero-order valence-electron chi connectivity index (χ0n) is 12.5. The second kappa shape index (κ2) is 7.48. The van der Waals surface area contributed by atoms with E-state index in [1.165, 1.54) is 0 Å². The molecular formula is C16H22Cl2N2O. The summed E-state index contributed by atoms with van der Waals surface area (Å²) in [5, 5.41) is 4.39. The van der Waals surface area contributed by atoms with Crippen molar-refractivity contribution in [3.05, 3.63) is 33.8 Å². The molecular weight excluding hydrogens is 307 g/mol. The summed E-state index contributed by atoms with van der Waals surface area (Å²) in [5.41, 5.74) is 0.989. The van der Waals surface area contributed by atoms with Gasteiger partial charge in [0.15, 0.2) is 0 Å². The van der Waals surface area contributed by atoms with Crippen LogP contribution in [0.4, 0.5) is 0 Å². The molecule has 1 fully saturated rings. The second-order valence-electron chi connectivity index (χ2n) is 5.75. The fraction of sp³-hybridized carbons (Fsp3) is 0.562. The van der Waals surface area contributed by atoms with E-state index in [1.54, 1.807) is 11.0 Å². The molecule has 5 heteroatoms. The minimum atomic E-state index is -0.0588. The van der Waals surface area contributed by atoms with Crippen LogP contribution in [0.2, 0.25) is 10.0 Å². The van der Waals surface area contributed by atoms with E-state index in [1.807, 2.05) is 19.2 Å². The van der Waals surface area contributed by atoms with Gasteiger partial charge in [-0.25, -0.2) is 0 Å². The van der Waals surface area contributed by atoms with Crippen LogP contribution in [0.5, 0.6) is 0 Å². The van der Waals surface area contributed by atoms with Crippen LogP contribution in [0, 0.1) is 5.92 Å². The Labute approximate surface area is 136 Å². The highest BCUT2D eigenvalue weighted by Crippen LogP contribution is 2.24. The number of amides is 1. The van der Waals surface area contributed by atoms with Crippen molar-refractivity contribution in [2.24, 2.45) is 5.92 Å². The maximum absolute atomic E-state index is 12.5. The molecule has 1 amide bonds. The van der Waals surface area contributed by atoms with E-state index in [4.69, 9.17) is 23.2 Å². The molecule has 0 aromatic heterocycles. The van der Waals surface area contributed by atoms with Crippen molar-refractivity contribution < 1.29 is 4.79 Å². The lowest BCUT2D eigenvalue weighted by Gasteiger charge is -2.31. The van der Waals surface area contributed by atoms with Gasteiger partial charge in [-0.05, 0) is 43.0 Å². The van der Waals surface area contributed by atoms with E-state index < -0.39 is 0 Å². The Balaban J connectivity index is 1.97. The molecule has 1 saturated heterocycles. The summed E-state index contributed by atoms with van der Waals surface area (Å²) in [7, 11) is 1.84. The van der Waals surface area contributed by atoms with Gasteiger partial charge in [-0.3, -0.25) is 4.79 Å². The molecule has 2 unspecified atom stereocenters. The molecule has 2 atom stereocenters. The number of piperidine rings is 1. The highest BCUT2D eigenvalue weighted by Gasteiger charge is 2.27. The molecule has 116 valence electrons. The standard InChI is InChI=1S/C16H22Cl2N2O/c1-3-11-6-7-19-15(9-11)16(21)20(2)10-12-4-5-13(17)14(18)8-12/h4-5,8,11,15,19H,3,6-7,9-10H2,1-2H3. The van der Waals surface area contributed by atoms with E-state index in [0.29, 0.717) is 22.5 Å². The summed E-state index contributed by atoms with van der Waals surface area (Å²) in [6.45, 7) is 3.66. The van der Waals surface area contributed by atoms with Crippen molar-refractivity contribution in [1.29, 1.82) is 0 Å². The molecule has 1 aliphatic heterocycles. The van der Waals surface area contributed by atoms with Gasteiger partial charge in [-0.15, -0.1) is 0 Å². The molecule has 1 aromatic rings. The molecule has 0 spiro atoms. The SMILES string of the molecule is CCC1CCNC(C(=O)N(C)Cc2ccc(Cl)c(Cl)c2)C1. The number of nitrogens with zero attached hydrogens (tertiary/aromatic N) is 1. The molecule has 0 saturated carbocycles. The summed E-state index contributed by atoms with van der Waals surface area (Å²) in [5.74, 6) is 0.804. The molecule has 1 aliphatic rings. The number of carbonyl (C=O) groups excluding carboxylic acids is 1. The highest BCUT2D eigenvalue weighted by molar-refractivity contribution is 6.42. The minimum absolute atomic E-state index is 0.0588. The van der Waals surface area contributed by atoms with Gasteiger partial charge in [0.05, 0.1) is 16.1 Å². The number of benzene rings is 1. The third kappa shape index (κ3) is 4.35. The summed E-state index contributed by atoms with van der Waals surface area (Å²) in [6, 6.07) is 5.43. The topological polar surface area (TPSA) is 32.3 Å². The number of carbonyl (C=O) groups is 1. The molecule has 3 nitrogen and oxygen atoms in total. The van der Waals surface area contributed by atoms with Gasteiger partial charge in [0.25, 0.3) is 0 Å². The van der Waals surface area contributed by atoms with Crippen LogP contribution in [0.1, 0.15) is 31.7 Å². The van der Waals surface area contributed by atoms with Gasteiger partial charge < -0.3 is 10.2 Å². The van der Waals surface area contributed by atoms with Gasteiger partial charge >= 0.3 is 0 Å². The van der Waals surface area contributed by atoms with Crippen LogP contribution < -0.4 is 5.32 Å². The van der Waals surface area contributed by atoms with Gasteiger partial charge in [0.1, 0.15) is 0 Å². The minimum Gasteiger partial charge on any atom is -0.340 e. The first-order valence-electron chi connectivity index (χ1n) is 7.43. The first-order chi connectivity index (χ1) is 10.0. The fourth-order valence-corrected chi connectivity index (χ4v) is 3.13. The van der Waals surface area contributed by atoms with E-state index in [0.717, 1.165) is 31.4 Å². The summed E-state index contributed by atoms with van der Waals surface area (Å²) in [6.07, 6.45) is 3.24. The number of hydrogen-bond acceptors (Lipinski definition) is 2. The lowest BCUT2D eigenvalue weighted by molar-refractivity contribution is -0.133. The number of hydrogen-bond donors (Lipinski definition) is 1. The highest BCUT2D eigenvalue weighted by atomic mass is 35.5.